The Kier molecular flexibility index (Phi) is 6.29. The predicted molar refractivity (Wildman–Crippen MR) is 47.2 cm³/mol. The van der Waals surface area contributed by atoms with Crippen LogP contribution in [-0.4, -0.2) is 37.9 Å². The van der Waals surface area contributed by atoms with Gasteiger partial charge in [-0.3, -0.25) is 4.79 Å². The Morgan fingerprint density at radius 2 is 1.59 bits per heavy atom. The molecule has 2 N–H and O–H groups in total. The van der Waals surface area contributed by atoms with Crippen molar-refractivity contribution in [2.75, 3.05) is 19.6 Å². The summed E-state index contributed by atoms with van der Waals surface area (Å²) < 4.78 is 69.9. The van der Waals surface area contributed by atoms with Gasteiger partial charge < -0.3 is 10.6 Å². The molecule has 0 aromatic rings. The van der Waals surface area contributed by atoms with Crippen molar-refractivity contribution in [3.8, 4) is 0 Å². The molecule has 9 heteroatoms. The summed E-state index contributed by atoms with van der Waals surface area (Å²) >= 11 is 0. The summed E-state index contributed by atoms with van der Waals surface area (Å²) in [4.78, 5) is 10.8. The van der Waals surface area contributed by atoms with Crippen molar-refractivity contribution >= 4 is 5.91 Å². The number of halogens is 6. The van der Waals surface area contributed by atoms with E-state index in [2.05, 4.69) is 5.32 Å². The van der Waals surface area contributed by atoms with E-state index >= 15 is 0 Å². The number of carbonyl (C=O) groups excluding carboxylic acids is 1. The van der Waals surface area contributed by atoms with Gasteiger partial charge in [-0.25, -0.2) is 0 Å². The van der Waals surface area contributed by atoms with Crippen LogP contribution in [0.15, 0.2) is 0 Å². The lowest BCUT2D eigenvalue weighted by Crippen LogP contribution is -2.38. The number of rotatable bonds is 6. The first kappa shape index (κ1) is 16.0. The van der Waals surface area contributed by atoms with E-state index in [-0.39, 0.29) is 13.0 Å². The molecule has 1 amide bonds. The number of nitrogens with one attached hydrogen (secondary N) is 2. The first-order valence-corrected chi connectivity index (χ1v) is 4.71. The highest BCUT2D eigenvalue weighted by atomic mass is 19.4. The molecule has 0 aliphatic carbocycles. The zero-order valence-corrected chi connectivity index (χ0v) is 8.71. The fraction of sp³-hybridized carbons (Fsp3) is 0.875. The van der Waals surface area contributed by atoms with Gasteiger partial charge in [-0.15, -0.1) is 0 Å². The number of carbonyl (C=O) groups is 1. The van der Waals surface area contributed by atoms with Crippen LogP contribution in [0.1, 0.15) is 12.8 Å². The first-order valence-electron chi connectivity index (χ1n) is 4.71. The fourth-order valence-electron chi connectivity index (χ4n) is 0.897. The Morgan fingerprint density at radius 1 is 1.00 bits per heavy atom. The number of hydrogen-bond acceptors (Lipinski definition) is 2. The lowest BCUT2D eigenvalue weighted by Gasteiger charge is -2.09. The maximum Gasteiger partial charge on any atom is 0.401 e. The van der Waals surface area contributed by atoms with Gasteiger partial charge in [0.1, 0.15) is 0 Å². The zero-order chi connectivity index (χ0) is 13.5. The number of amides is 1. The summed E-state index contributed by atoms with van der Waals surface area (Å²) in [7, 11) is 0. The highest BCUT2D eigenvalue weighted by Gasteiger charge is 2.27. The number of hydrogen-bond donors (Lipinski definition) is 2. The largest absolute Gasteiger partial charge is 0.401 e. The first-order chi connectivity index (χ1) is 7.60. The second-order valence-electron chi connectivity index (χ2n) is 3.29. The Bertz CT molecular complexity index is 237. The van der Waals surface area contributed by atoms with E-state index in [0.717, 1.165) is 0 Å². The van der Waals surface area contributed by atoms with Crippen molar-refractivity contribution in [3.63, 3.8) is 0 Å². The van der Waals surface area contributed by atoms with Crippen molar-refractivity contribution in [2.45, 2.75) is 25.2 Å². The molecule has 0 spiro atoms. The topological polar surface area (TPSA) is 41.1 Å². The summed E-state index contributed by atoms with van der Waals surface area (Å²) in [5.41, 5.74) is 0. The average molecular weight is 266 g/mol. The van der Waals surface area contributed by atoms with E-state index in [1.165, 1.54) is 0 Å². The third kappa shape index (κ3) is 12.9. The van der Waals surface area contributed by atoms with Gasteiger partial charge in [0.2, 0.25) is 5.91 Å². The quantitative estimate of drug-likeness (QED) is 0.566. The molecule has 0 aromatic heterocycles. The summed E-state index contributed by atoms with van der Waals surface area (Å²) in [5.74, 6) is -0.767. The summed E-state index contributed by atoms with van der Waals surface area (Å²) in [5, 5.41) is 3.90. The van der Waals surface area contributed by atoms with Crippen LogP contribution >= 0.6 is 0 Å². The van der Waals surface area contributed by atoms with Gasteiger partial charge in [0, 0.05) is 13.0 Å². The predicted octanol–water partition coefficient (Wildman–Crippen LogP) is 1.60. The molecule has 3 nitrogen and oxygen atoms in total. The molecule has 102 valence electrons. The normalized spacial score (nSPS) is 12.6. The summed E-state index contributed by atoms with van der Waals surface area (Å²) in [6.45, 7) is -2.11. The van der Waals surface area contributed by atoms with Gasteiger partial charge in [0.05, 0.1) is 13.1 Å². The minimum Gasteiger partial charge on any atom is -0.355 e. The lowest BCUT2D eigenvalue weighted by molar-refractivity contribution is -0.136. The molecule has 0 saturated heterocycles. The van der Waals surface area contributed by atoms with Gasteiger partial charge in [-0.1, -0.05) is 0 Å². The van der Waals surface area contributed by atoms with Crippen LogP contribution in [0.5, 0.6) is 0 Å². The molecule has 0 rings (SSSR count). The van der Waals surface area contributed by atoms with Crippen LogP contribution in [0.3, 0.4) is 0 Å². The zero-order valence-electron chi connectivity index (χ0n) is 8.71. The van der Waals surface area contributed by atoms with Crippen LogP contribution in [0, 0.1) is 0 Å². The fourth-order valence-corrected chi connectivity index (χ4v) is 0.897. The molecule has 0 saturated carbocycles. The van der Waals surface area contributed by atoms with Gasteiger partial charge >= 0.3 is 12.4 Å². The Balaban J connectivity index is 3.48. The van der Waals surface area contributed by atoms with E-state index in [9.17, 15) is 31.1 Å². The van der Waals surface area contributed by atoms with Crippen molar-refractivity contribution in [3.05, 3.63) is 0 Å². The molecule has 0 aliphatic rings. The summed E-state index contributed by atoms with van der Waals surface area (Å²) in [6, 6.07) is 0. The highest BCUT2D eigenvalue weighted by molar-refractivity contribution is 5.77. The van der Waals surface area contributed by atoms with E-state index in [1.807, 2.05) is 5.32 Å². The molecule has 0 heterocycles. The maximum absolute atomic E-state index is 11.7. The SMILES string of the molecule is O=C(CNCC(F)(F)F)NCCCC(F)(F)F. The van der Waals surface area contributed by atoms with Crippen molar-refractivity contribution < 1.29 is 31.1 Å². The van der Waals surface area contributed by atoms with Gasteiger partial charge in [0.25, 0.3) is 0 Å². The highest BCUT2D eigenvalue weighted by Crippen LogP contribution is 2.20. The number of alkyl halides is 6. The Morgan fingerprint density at radius 3 is 2.06 bits per heavy atom. The van der Waals surface area contributed by atoms with Gasteiger partial charge in [-0.2, -0.15) is 26.3 Å². The Labute approximate surface area is 93.5 Å². The Hall–Kier alpha value is -0.990. The lowest BCUT2D eigenvalue weighted by atomic mass is 10.3. The second kappa shape index (κ2) is 6.67. The van der Waals surface area contributed by atoms with Crippen LogP contribution in [0.4, 0.5) is 26.3 Å². The molecule has 0 bridgehead atoms. The molecule has 0 atom stereocenters. The second-order valence-corrected chi connectivity index (χ2v) is 3.29. The standard InChI is InChI=1S/C8H12F6N2O/c9-7(10,11)2-1-3-16-6(17)4-15-5-8(12,13)14/h15H,1-5H2,(H,16,17). The van der Waals surface area contributed by atoms with Crippen molar-refractivity contribution in [1.82, 2.24) is 10.6 Å². The summed E-state index contributed by atoms with van der Waals surface area (Å²) in [6.07, 6.45) is -10.0. The van der Waals surface area contributed by atoms with E-state index in [1.54, 1.807) is 0 Å². The molecule has 17 heavy (non-hydrogen) atoms. The minimum absolute atomic E-state index is 0.216. The third-order valence-electron chi connectivity index (χ3n) is 1.57. The van der Waals surface area contributed by atoms with Gasteiger partial charge in [0.15, 0.2) is 0 Å². The molecular formula is C8H12F6N2O. The monoisotopic (exact) mass is 266 g/mol. The maximum atomic E-state index is 11.7. The molecule has 0 fully saturated rings. The van der Waals surface area contributed by atoms with Crippen LogP contribution < -0.4 is 10.6 Å². The molecule has 0 unspecified atom stereocenters. The van der Waals surface area contributed by atoms with E-state index < -0.39 is 37.8 Å². The smallest absolute Gasteiger partial charge is 0.355 e. The third-order valence-corrected chi connectivity index (χ3v) is 1.57. The minimum atomic E-state index is -4.42. The van der Waals surface area contributed by atoms with Crippen LogP contribution in [0.25, 0.3) is 0 Å². The molecule has 0 aliphatic heterocycles. The molecule has 0 radical (unpaired) electrons. The average Bonchev–Trinajstić information content (AvgIpc) is 2.09. The van der Waals surface area contributed by atoms with Crippen LogP contribution in [0.2, 0.25) is 0 Å². The molecule has 0 aromatic carbocycles. The van der Waals surface area contributed by atoms with Crippen LogP contribution in [-0.2, 0) is 4.79 Å². The van der Waals surface area contributed by atoms with Crippen molar-refractivity contribution in [2.24, 2.45) is 0 Å². The molecular weight excluding hydrogens is 254 g/mol. The van der Waals surface area contributed by atoms with Crippen molar-refractivity contribution in [1.29, 1.82) is 0 Å². The van der Waals surface area contributed by atoms with E-state index in [4.69, 9.17) is 0 Å². The van der Waals surface area contributed by atoms with Gasteiger partial charge in [-0.05, 0) is 6.42 Å². The van der Waals surface area contributed by atoms with E-state index in [0.29, 0.717) is 0 Å².